The molecule has 1 unspecified atom stereocenters. The molecule has 86 valence electrons. The lowest BCUT2D eigenvalue weighted by Gasteiger charge is -2.16. The molecule has 0 radical (unpaired) electrons. The third-order valence-corrected chi connectivity index (χ3v) is 1.91. The third-order valence-electron chi connectivity index (χ3n) is 1.91. The van der Waals surface area contributed by atoms with Gasteiger partial charge in [0, 0.05) is 5.71 Å². The van der Waals surface area contributed by atoms with Crippen LogP contribution in [0.25, 0.3) is 0 Å². The van der Waals surface area contributed by atoms with Crippen molar-refractivity contribution in [1.29, 1.82) is 5.41 Å². The van der Waals surface area contributed by atoms with Crippen LogP contribution >= 0.6 is 0 Å². The lowest BCUT2D eigenvalue weighted by molar-refractivity contribution is -0.157. The Hall–Kier alpha value is -0.940. The van der Waals surface area contributed by atoms with Gasteiger partial charge in [0.2, 0.25) is 0 Å². The minimum atomic E-state index is -0.589. The van der Waals surface area contributed by atoms with Crippen molar-refractivity contribution < 1.29 is 19.0 Å². The van der Waals surface area contributed by atoms with E-state index in [2.05, 4.69) is 0 Å². The maximum absolute atomic E-state index is 11.1. The molecule has 1 aliphatic heterocycles. The predicted octanol–water partition coefficient (Wildman–Crippen LogP) is 1.11. The normalized spacial score (nSPS) is 23.8. The van der Waals surface area contributed by atoms with Crippen molar-refractivity contribution in [1.82, 2.24) is 0 Å². The average Bonchev–Trinajstić information content (AvgIpc) is 2.41. The van der Waals surface area contributed by atoms with E-state index in [4.69, 9.17) is 19.6 Å². The Morgan fingerprint density at radius 1 is 1.60 bits per heavy atom. The molecule has 1 atom stereocenters. The summed E-state index contributed by atoms with van der Waals surface area (Å²) < 4.78 is 15.7. The van der Waals surface area contributed by atoms with E-state index >= 15 is 0 Å². The minimum absolute atomic E-state index is 0.0387. The Morgan fingerprint density at radius 2 is 2.27 bits per heavy atom. The number of ether oxygens (including phenoxy) is 3. The second-order valence-corrected chi connectivity index (χ2v) is 4.09. The molecule has 1 aliphatic rings. The lowest BCUT2D eigenvalue weighted by Crippen LogP contribution is -2.25. The van der Waals surface area contributed by atoms with Crippen molar-refractivity contribution in [2.24, 2.45) is 0 Å². The molecule has 0 amide bonds. The van der Waals surface area contributed by atoms with Crippen LogP contribution in [0.4, 0.5) is 0 Å². The zero-order valence-electron chi connectivity index (χ0n) is 9.33. The first kappa shape index (κ1) is 12.1. The van der Waals surface area contributed by atoms with Crippen LogP contribution in [-0.2, 0) is 19.0 Å². The van der Waals surface area contributed by atoms with Crippen molar-refractivity contribution in [3.05, 3.63) is 0 Å². The predicted molar refractivity (Wildman–Crippen MR) is 53.9 cm³/mol. The van der Waals surface area contributed by atoms with Gasteiger partial charge in [0.1, 0.15) is 12.7 Å². The maximum atomic E-state index is 11.1. The summed E-state index contributed by atoms with van der Waals surface area (Å²) >= 11 is 0. The van der Waals surface area contributed by atoms with E-state index in [0.717, 1.165) is 0 Å². The van der Waals surface area contributed by atoms with Gasteiger partial charge in [-0.3, -0.25) is 4.79 Å². The summed E-state index contributed by atoms with van der Waals surface area (Å²) in [5, 5.41) is 7.12. The summed E-state index contributed by atoms with van der Waals surface area (Å²) in [6, 6.07) is 0. The summed E-state index contributed by atoms with van der Waals surface area (Å²) in [4.78, 5) is 11.1. The molecular formula is C10H17NO4. The van der Waals surface area contributed by atoms with Gasteiger partial charge in [-0.25, -0.2) is 0 Å². The molecule has 15 heavy (non-hydrogen) atoms. The van der Waals surface area contributed by atoms with Crippen molar-refractivity contribution >= 4 is 11.7 Å². The summed E-state index contributed by atoms with van der Waals surface area (Å²) in [7, 11) is 0. The fourth-order valence-corrected chi connectivity index (χ4v) is 1.30. The largest absolute Gasteiger partial charge is 0.463 e. The molecule has 0 aromatic heterocycles. The molecule has 5 heteroatoms. The van der Waals surface area contributed by atoms with E-state index in [1.165, 1.54) is 0 Å². The van der Waals surface area contributed by atoms with Crippen molar-refractivity contribution in [3.8, 4) is 0 Å². The standard InChI is InChI=1S/C10H17NO4/c1-7(11)4-9(12)13-5-8-6-14-10(2,3)15-8/h8,11H,4-6H2,1-3H3. The van der Waals surface area contributed by atoms with Crippen molar-refractivity contribution in [2.75, 3.05) is 13.2 Å². The Bertz CT molecular complexity index is 262. The number of esters is 1. The number of carbonyl (C=O) groups is 1. The van der Waals surface area contributed by atoms with Gasteiger partial charge in [-0.05, 0) is 20.8 Å². The van der Waals surface area contributed by atoms with Gasteiger partial charge in [0.25, 0.3) is 0 Å². The van der Waals surface area contributed by atoms with Gasteiger partial charge in [-0.2, -0.15) is 0 Å². The highest BCUT2D eigenvalue weighted by atomic mass is 16.7. The van der Waals surface area contributed by atoms with Crippen LogP contribution < -0.4 is 0 Å². The first-order valence-electron chi connectivity index (χ1n) is 4.90. The molecule has 0 bridgehead atoms. The molecule has 0 saturated carbocycles. The first-order valence-corrected chi connectivity index (χ1v) is 4.90. The van der Waals surface area contributed by atoms with Crippen LogP contribution in [0.5, 0.6) is 0 Å². The van der Waals surface area contributed by atoms with Crippen LogP contribution in [0.2, 0.25) is 0 Å². The summed E-state index contributed by atoms with van der Waals surface area (Å²) in [6.07, 6.45) is -0.160. The van der Waals surface area contributed by atoms with Crippen molar-refractivity contribution in [3.63, 3.8) is 0 Å². The molecular weight excluding hydrogens is 198 g/mol. The maximum Gasteiger partial charge on any atom is 0.311 e. The number of hydrogen-bond acceptors (Lipinski definition) is 5. The van der Waals surface area contributed by atoms with E-state index in [1.807, 2.05) is 13.8 Å². The summed E-state index contributed by atoms with van der Waals surface area (Å²) in [6.45, 7) is 5.83. The zero-order chi connectivity index (χ0) is 11.5. The SMILES string of the molecule is CC(=N)CC(=O)OCC1COC(C)(C)O1. The second kappa shape index (κ2) is 4.72. The van der Waals surface area contributed by atoms with Gasteiger partial charge < -0.3 is 19.6 Å². The van der Waals surface area contributed by atoms with Gasteiger partial charge in [-0.1, -0.05) is 0 Å². The van der Waals surface area contributed by atoms with E-state index in [-0.39, 0.29) is 19.1 Å². The molecule has 1 N–H and O–H groups in total. The van der Waals surface area contributed by atoms with Gasteiger partial charge in [0.05, 0.1) is 13.0 Å². The van der Waals surface area contributed by atoms with Crippen LogP contribution in [0.1, 0.15) is 27.2 Å². The van der Waals surface area contributed by atoms with E-state index in [1.54, 1.807) is 6.92 Å². The molecule has 5 nitrogen and oxygen atoms in total. The highest BCUT2D eigenvalue weighted by Crippen LogP contribution is 2.22. The molecule has 1 saturated heterocycles. The highest BCUT2D eigenvalue weighted by molar-refractivity contribution is 5.95. The molecule has 0 spiro atoms. The van der Waals surface area contributed by atoms with E-state index in [0.29, 0.717) is 12.3 Å². The fraction of sp³-hybridized carbons (Fsp3) is 0.800. The number of carbonyl (C=O) groups excluding carboxylic acids is 1. The first-order chi connectivity index (χ1) is 6.89. The monoisotopic (exact) mass is 215 g/mol. The summed E-state index contributed by atoms with van der Waals surface area (Å²) in [5.74, 6) is -0.982. The Kier molecular flexibility index (Phi) is 3.82. The number of nitrogens with one attached hydrogen (secondary N) is 1. The topological polar surface area (TPSA) is 68.6 Å². The molecule has 0 aromatic rings. The van der Waals surface area contributed by atoms with Crippen LogP contribution in [-0.4, -0.2) is 36.8 Å². The Morgan fingerprint density at radius 3 is 2.73 bits per heavy atom. The van der Waals surface area contributed by atoms with E-state index in [9.17, 15) is 4.79 Å². The third kappa shape index (κ3) is 4.40. The lowest BCUT2D eigenvalue weighted by atomic mass is 10.3. The fourth-order valence-electron chi connectivity index (χ4n) is 1.30. The van der Waals surface area contributed by atoms with Crippen molar-refractivity contribution in [2.45, 2.75) is 39.1 Å². The van der Waals surface area contributed by atoms with Gasteiger partial charge >= 0.3 is 5.97 Å². The second-order valence-electron chi connectivity index (χ2n) is 4.09. The number of rotatable bonds is 4. The quantitative estimate of drug-likeness (QED) is 0.563. The zero-order valence-corrected chi connectivity index (χ0v) is 9.33. The highest BCUT2D eigenvalue weighted by Gasteiger charge is 2.33. The van der Waals surface area contributed by atoms with Crippen LogP contribution in [0.15, 0.2) is 0 Å². The summed E-state index contributed by atoms with van der Waals surface area (Å²) in [5.41, 5.74) is 0.295. The molecule has 0 aliphatic carbocycles. The molecule has 0 aromatic carbocycles. The van der Waals surface area contributed by atoms with Gasteiger partial charge in [0.15, 0.2) is 5.79 Å². The Balaban J connectivity index is 2.21. The van der Waals surface area contributed by atoms with Gasteiger partial charge in [-0.15, -0.1) is 0 Å². The average molecular weight is 215 g/mol. The molecule has 1 rings (SSSR count). The minimum Gasteiger partial charge on any atom is -0.463 e. The smallest absolute Gasteiger partial charge is 0.311 e. The van der Waals surface area contributed by atoms with Crippen LogP contribution in [0.3, 0.4) is 0 Å². The Labute approximate surface area is 89.2 Å². The van der Waals surface area contributed by atoms with E-state index < -0.39 is 11.8 Å². The number of hydrogen-bond donors (Lipinski definition) is 1. The molecule has 1 heterocycles. The van der Waals surface area contributed by atoms with Crippen LogP contribution in [0, 0.1) is 5.41 Å². The molecule has 1 fully saturated rings.